The van der Waals surface area contributed by atoms with E-state index in [1.807, 2.05) is 24.3 Å². The Labute approximate surface area is 145 Å². The quantitative estimate of drug-likeness (QED) is 0.399. The third-order valence-electron chi connectivity index (χ3n) is 3.62. The molecule has 0 saturated heterocycles. The zero-order chi connectivity index (χ0) is 17.3. The average molecular weight is 389 g/mol. The van der Waals surface area contributed by atoms with Crippen molar-refractivity contribution in [3.63, 3.8) is 0 Å². The van der Waals surface area contributed by atoms with Gasteiger partial charge in [0.05, 0.1) is 11.5 Å². The number of ether oxygens (including phenoxy) is 1. The van der Waals surface area contributed by atoms with Crippen LogP contribution in [-0.2, 0) is 4.74 Å². The number of benzene rings is 2. The first-order chi connectivity index (χ1) is 11.5. The smallest absolute Gasteiger partial charge is 0.355 e. The highest BCUT2D eigenvalue weighted by Gasteiger charge is 2.23. The normalized spacial score (nSPS) is 10.8. The largest absolute Gasteiger partial charge is 0.461 e. The van der Waals surface area contributed by atoms with E-state index < -0.39 is 10.9 Å². The Morgan fingerprint density at radius 2 is 2.04 bits per heavy atom. The van der Waals surface area contributed by atoms with Crippen molar-refractivity contribution in [2.45, 2.75) is 6.92 Å². The second-order valence-electron chi connectivity index (χ2n) is 5.06. The van der Waals surface area contributed by atoms with Crippen LogP contribution >= 0.6 is 15.9 Å². The minimum Gasteiger partial charge on any atom is -0.461 e. The van der Waals surface area contributed by atoms with Crippen molar-refractivity contribution in [2.24, 2.45) is 0 Å². The Morgan fingerprint density at radius 3 is 2.71 bits per heavy atom. The molecule has 122 valence electrons. The first-order valence-electron chi connectivity index (χ1n) is 7.25. The van der Waals surface area contributed by atoms with Crippen molar-refractivity contribution in [3.05, 3.63) is 62.7 Å². The van der Waals surface area contributed by atoms with Gasteiger partial charge in [0, 0.05) is 33.1 Å². The summed E-state index contributed by atoms with van der Waals surface area (Å²) in [5.74, 6) is -0.498. The van der Waals surface area contributed by atoms with E-state index in [-0.39, 0.29) is 18.0 Å². The second-order valence-corrected chi connectivity index (χ2v) is 5.92. The Morgan fingerprint density at radius 1 is 1.29 bits per heavy atom. The molecule has 0 amide bonds. The fourth-order valence-electron chi connectivity index (χ4n) is 2.59. The van der Waals surface area contributed by atoms with Crippen LogP contribution in [0.1, 0.15) is 17.4 Å². The van der Waals surface area contributed by atoms with Gasteiger partial charge >= 0.3 is 5.97 Å². The fraction of sp³-hybridized carbons (Fsp3) is 0.118. The first-order valence-corrected chi connectivity index (χ1v) is 8.04. The molecule has 0 spiro atoms. The topological polar surface area (TPSA) is 85.2 Å². The van der Waals surface area contributed by atoms with Crippen LogP contribution in [0.3, 0.4) is 0 Å². The highest BCUT2D eigenvalue weighted by Crippen LogP contribution is 2.38. The van der Waals surface area contributed by atoms with E-state index in [1.165, 1.54) is 12.1 Å². The third kappa shape index (κ3) is 2.78. The van der Waals surface area contributed by atoms with Gasteiger partial charge in [0.25, 0.3) is 5.69 Å². The summed E-state index contributed by atoms with van der Waals surface area (Å²) in [6.07, 6.45) is 0. The predicted octanol–water partition coefficient (Wildman–Crippen LogP) is 4.68. The molecule has 1 N–H and O–H groups in total. The van der Waals surface area contributed by atoms with E-state index in [2.05, 4.69) is 20.9 Å². The molecule has 2 aromatic carbocycles. The Kier molecular flexibility index (Phi) is 4.35. The summed E-state index contributed by atoms with van der Waals surface area (Å²) in [6.45, 7) is 1.97. The highest BCUT2D eigenvalue weighted by atomic mass is 79.9. The molecule has 0 saturated carbocycles. The molecular formula is C17H13BrN2O4. The number of non-ortho nitro benzene ring substituents is 1. The van der Waals surface area contributed by atoms with Gasteiger partial charge in [-0.25, -0.2) is 4.79 Å². The molecule has 0 radical (unpaired) electrons. The summed E-state index contributed by atoms with van der Waals surface area (Å²) in [4.78, 5) is 26.0. The van der Waals surface area contributed by atoms with Crippen molar-refractivity contribution < 1.29 is 14.5 Å². The van der Waals surface area contributed by atoms with Crippen LogP contribution in [-0.4, -0.2) is 22.5 Å². The van der Waals surface area contributed by atoms with E-state index in [0.717, 1.165) is 10.0 Å². The van der Waals surface area contributed by atoms with E-state index >= 15 is 0 Å². The number of nitrogens with one attached hydrogen (secondary N) is 1. The van der Waals surface area contributed by atoms with Crippen LogP contribution in [0, 0.1) is 10.1 Å². The maximum absolute atomic E-state index is 12.3. The molecule has 3 rings (SSSR count). The summed E-state index contributed by atoms with van der Waals surface area (Å²) in [7, 11) is 0. The molecule has 0 atom stereocenters. The van der Waals surface area contributed by atoms with Gasteiger partial charge in [-0.15, -0.1) is 0 Å². The highest BCUT2D eigenvalue weighted by molar-refractivity contribution is 9.10. The number of nitro benzene ring substituents is 1. The molecule has 1 aromatic heterocycles. The summed E-state index contributed by atoms with van der Waals surface area (Å²) in [6, 6.07) is 11.8. The molecule has 0 bridgehead atoms. The summed E-state index contributed by atoms with van der Waals surface area (Å²) >= 11 is 3.47. The summed E-state index contributed by atoms with van der Waals surface area (Å²) in [5, 5.41) is 11.7. The van der Waals surface area contributed by atoms with E-state index in [1.54, 1.807) is 13.0 Å². The average Bonchev–Trinajstić information content (AvgIpc) is 2.94. The number of hydrogen-bond acceptors (Lipinski definition) is 4. The Hall–Kier alpha value is -2.67. The van der Waals surface area contributed by atoms with Crippen LogP contribution < -0.4 is 0 Å². The van der Waals surface area contributed by atoms with Gasteiger partial charge in [0.2, 0.25) is 0 Å². The predicted molar refractivity (Wildman–Crippen MR) is 94.0 cm³/mol. The third-order valence-corrected chi connectivity index (χ3v) is 4.31. The van der Waals surface area contributed by atoms with Gasteiger partial charge < -0.3 is 9.72 Å². The molecule has 24 heavy (non-hydrogen) atoms. The molecule has 0 fully saturated rings. The van der Waals surface area contributed by atoms with Gasteiger partial charge in [0.15, 0.2) is 0 Å². The maximum Gasteiger partial charge on any atom is 0.355 e. The standard InChI is InChI=1S/C17H13BrN2O4/c1-2-24-17(21)16-15(11-5-3-4-6-13(11)18)12-9-10(20(22)23)7-8-14(12)19-16/h3-9,19H,2H2,1H3. The number of rotatable bonds is 4. The SMILES string of the molecule is CCOC(=O)c1[nH]c2ccc([N+](=O)[O-])cc2c1-c1ccccc1Br. The van der Waals surface area contributed by atoms with Crippen LogP contribution in [0.2, 0.25) is 0 Å². The number of halogens is 1. The number of esters is 1. The van der Waals surface area contributed by atoms with Gasteiger partial charge in [-0.1, -0.05) is 34.1 Å². The van der Waals surface area contributed by atoms with Gasteiger partial charge in [-0.3, -0.25) is 10.1 Å². The van der Waals surface area contributed by atoms with Crippen LogP contribution in [0.5, 0.6) is 0 Å². The monoisotopic (exact) mass is 388 g/mol. The van der Waals surface area contributed by atoms with Gasteiger partial charge in [-0.2, -0.15) is 0 Å². The number of nitrogens with zero attached hydrogens (tertiary/aromatic N) is 1. The van der Waals surface area contributed by atoms with Crippen molar-refractivity contribution in [3.8, 4) is 11.1 Å². The summed E-state index contributed by atoms with van der Waals surface area (Å²) in [5.41, 5.74) is 2.21. The number of fused-ring (bicyclic) bond motifs is 1. The lowest BCUT2D eigenvalue weighted by atomic mass is 10.0. The second kappa shape index (κ2) is 6.45. The molecule has 7 heteroatoms. The zero-order valence-corrected chi connectivity index (χ0v) is 14.3. The van der Waals surface area contributed by atoms with Gasteiger partial charge in [0.1, 0.15) is 5.69 Å². The van der Waals surface area contributed by atoms with Gasteiger partial charge in [-0.05, 0) is 24.6 Å². The minimum absolute atomic E-state index is 0.0368. The lowest BCUT2D eigenvalue weighted by molar-refractivity contribution is -0.384. The van der Waals surface area contributed by atoms with Crippen molar-refractivity contribution in [1.82, 2.24) is 4.98 Å². The molecule has 6 nitrogen and oxygen atoms in total. The summed E-state index contributed by atoms with van der Waals surface area (Å²) < 4.78 is 5.90. The number of carbonyl (C=O) groups is 1. The number of carbonyl (C=O) groups excluding carboxylic acids is 1. The number of hydrogen-bond donors (Lipinski definition) is 1. The van der Waals surface area contributed by atoms with Crippen molar-refractivity contribution >= 4 is 38.5 Å². The first kappa shape index (κ1) is 16.2. The molecule has 0 aliphatic rings. The van der Waals surface area contributed by atoms with E-state index in [9.17, 15) is 14.9 Å². The Balaban J connectivity index is 2.34. The lowest BCUT2D eigenvalue weighted by Crippen LogP contribution is -2.06. The van der Waals surface area contributed by atoms with Crippen molar-refractivity contribution in [1.29, 1.82) is 0 Å². The number of aromatic amines is 1. The molecule has 3 aromatic rings. The van der Waals surface area contributed by atoms with Crippen LogP contribution in [0.15, 0.2) is 46.9 Å². The molecule has 0 unspecified atom stereocenters. The van der Waals surface area contributed by atoms with Crippen LogP contribution in [0.25, 0.3) is 22.0 Å². The van der Waals surface area contributed by atoms with E-state index in [0.29, 0.717) is 16.5 Å². The minimum atomic E-state index is -0.498. The van der Waals surface area contributed by atoms with E-state index in [4.69, 9.17) is 4.74 Å². The Bertz CT molecular complexity index is 949. The van der Waals surface area contributed by atoms with Crippen molar-refractivity contribution in [2.75, 3.05) is 6.61 Å². The zero-order valence-electron chi connectivity index (χ0n) is 12.7. The molecule has 1 heterocycles. The number of aromatic nitrogens is 1. The molecular weight excluding hydrogens is 376 g/mol. The number of H-pyrrole nitrogens is 1. The van der Waals surface area contributed by atoms with Crippen LogP contribution in [0.4, 0.5) is 5.69 Å². The molecule has 0 aliphatic carbocycles. The molecule has 0 aliphatic heterocycles. The number of nitro groups is 1. The lowest BCUT2D eigenvalue weighted by Gasteiger charge is -2.07. The maximum atomic E-state index is 12.3. The fourth-order valence-corrected chi connectivity index (χ4v) is 3.08.